The molecule has 0 fully saturated rings. The molecular formula is C49H31NO2. The van der Waals surface area contributed by atoms with E-state index in [1.54, 1.807) is 0 Å². The summed E-state index contributed by atoms with van der Waals surface area (Å²) in [6, 6.07) is 67.0. The van der Waals surface area contributed by atoms with E-state index in [0.717, 1.165) is 73.2 Å². The Morgan fingerprint density at radius 1 is 0.327 bits per heavy atom. The van der Waals surface area contributed by atoms with Gasteiger partial charge in [0.1, 0.15) is 23.0 Å². The van der Waals surface area contributed by atoms with Crippen LogP contribution < -0.4 is 9.47 Å². The molecule has 0 N–H and O–H groups in total. The van der Waals surface area contributed by atoms with Crippen LogP contribution in [0.5, 0.6) is 23.0 Å². The molecule has 3 heterocycles. The normalized spacial score (nSPS) is 13.5. The van der Waals surface area contributed by atoms with Gasteiger partial charge in [-0.25, -0.2) is 0 Å². The van der Waals surface area contributed by atoms with E-state index in [1.165, 1.54) is 21.8 Å². The fraction of sp³-hybridized carbons (Fsp3) is 0.0204. The van der Waals surface area contributed by atoms with Crippen molar-refractivity contribution in [1.29, 1.82) is 0 Å². The monoisotopic (exact) mass is 665 g/mol. The molecule has 1 spiro atoms. The summed E-state index contributed by atoms with van der Waals surface area (Å²) in [5.41, 5.74) is 11.8. The van der Waals surface area contributed by atoms with E-state index in [4.69, 9.17) is 9.47 Å². The molecule has 0 unspecified atom stereocenters. The smallest absolute Gasteiger partial charge is 0.132 e. The lowest BCUT2D eigenvalue weighted by atomic mass is 9.62. The first kappa shape index (κ1) is 28.9. The number of rotatable bonds is 3. The Balaban J connectivity index is 1.16. The molecule has 0 radical (unpaired) electrons. The van der Waals surface area contributed by atoms with Crippen LogP contribution in [0.15, 0.2) is 188 Å². The molecule has 1 aromatic heterocycles. The molecule has 2 aliphatic rings. The van der Waals surface area contributed by atoms with Crippen molar-refractivity contribution in [3.63, 3.8) is 0 Å². The Morgan fingerprint density at radius 2 is 0.808 bits per heavy atom. The van der Waals surface area contributed by atoms with Gasteiger partial charge in [-0.2, -0.15) is 0 Å². The molecule has 244 valence electrons. The predicted octanol–water partition coefficient (Wildman–Crippen LogP) is 12.7. The summed E-state index contributed by atoms with van der Waals surface area (Å²) in [5.74, 6) is 3.40. The van der Waals surface area contributed by atoms with E-state index in [2.05, 4.69) is 180 Å². The van der Waals surface area contributed by atoms with Crippen molar-refractivity contribution < 1.29 is 9.47 Å². The van der Waals surface area contributed by atoms with Crippen LogP contribution in [0.2, 0.25) is 0 Å². The van der Waals surface area contributed by atoms with Crippen molar-refractivity contribution in [2.45, 2.75) is 5.41 Å². The van der Waals surface area contributed by atoms with Crippen LogP contribution in [0, 0.1) is 0 Å². The number of fused-ring (bicyclic) bond motifs is 11. The van der Waals surface area contributed by atoms with Gasteiger partial charge in [-0.05, 0) is 70.8 Å². The molecule has 3 nitrogen and oxygen atoms in total. The minimum atomic E-state index is -0.647. The second-order valence-corrected chi connectivity index (χ2v) is 13.7. The maximum Gasteiger partial charge on any atom is 0.132 e. The highest BCUT2D eigenvalue weighted by atomic mass is 16.5. The van der Waals surface area contributed by atoms with Crippen molar-refractivity contribution in [1.82, 2.24) is 4.57 Å². The minimum absolute atomic E-state index is 0.647. The van der Waals surface area contributed by atoms with E-state index in [1.807, 2.05) is 12.1 Å². The van der Waals surface area contributed by atoms with Gasteiger partial charge in [0.25, 0.3) is 0 Å². The summed E-state index contributed by atoms with van der Waals surface area (Å²) in [6.07, 6.45) is 0. The van der Waals surface area contributed by atoms with Gasteiger partial charge < -0.3 is 14.0 Å². The highest BCUT2D eigenvalue weighted by molar-refractivity contribution is 6.10. The fourth-order valence-electron chi connectivity index (χ4n) is 8.67. The van der Waals surface area contributed by atoms with Crippen LogP contribution >= 0.6 is 0 Å². The molecule has 0 bridgehead atoms. The van der Waals surface area contributed by atoms with Crippen LogP contribution in [0.25, 0.3) is 49.7 Å². The van der Waals surface area contributed by atoms with Crippen molar-refractivity contribution >= 4 is 21.8 Å². The first-order valence-corrected chi connectivity index (χ1v) is 17.8. The Hall–Kier alpha value is -6.84. The standard InChI is InChI=1S/C49H31NO2/c1-3-13-32(14-4-1)34-24-27-41-47(30-34)52-48-31-35(25-28-42(48)49(41)39-18-8-11-21-45(39)51-46-22-12-9-19-40(46)49)33-23-26-38-37-17-7-10-20-43(37)50(44(38)29-33)36-15-5-2-6-16-36/h1-31H. The van der Waals surface area contributed by atoms with Gasteiger partial charge in [0.05, 0.1) is 16.4 Å². The lowest BCUT2D eigenvalue weighted by molar-refractivity contribution is 0.399. The largest absolute Gasteiger partial charge is 0.457 e. The number of hydrogen-bond donors (Lipinski definition) is 0. The van der Waals surface area contributed by atoms with Gasteiger partial charge in [-0.1, -0.05) is 140 Å². The third-order valence-electron chi connectivity index (χ3n) is 10.9. The van der Waals surface area contributed by atoms with Crippen LogP contribution in [-0.2, 0) is 5.41 Å². The Morgan fingerprint density at radius 3 is 1.50 bits per heavy atom. The van der Waals surface area contributed by atoms with Gasteiger partial charge in [-0.3, -0.25) is 0 Å². The van der Waals surface area contributed by atoms with Gasteiger partial charge in [0.2, 0.25) is 0 Å². The topological polar surface area (TPSA) is 23.4 Å². The van der Waals surface area contributed by atoms with Crippen LogP contribution in [0.4, 0.5) is 0 Å². The number of nitrogens with zero attached hydrogens (tertiary/aromatic N) is 1. The maximum absolute atomic E-state index is 7.04. The van der Waals surface area contributed by atoms with Gasteiger partial charge in [-0.15, -0.1) is 0 Å². The summed E-state index contributed by atoms with van der Waals surface area (Å²) in [4.78, 5) is 0. The Bertz CT molecular complexity index is 2810. The van der Waals surface area contributed by atoms with Crippen LogP contribution in [0.3, 0.4) is 0 Å². The molecule has 0 aliphatic carbocycles. The summed E-state index contributed by atoms with van der Waals surface area (Å²) in [6.45, 7) is 0. The molecule has 0 saturated heterocycles. The Kier molecular flexibility index (Phi) is 6.17. The first-order valence-electron chi connectivity index (χ1n) is 17.8. The maximum atomic E-state index is 7.04. The summed E-state index contributed by atoms with van der Waals surface area (Å²) < 4.78 is 16.0. The lowest BCUT2D eigenvalue weighted by Crippen LogP contribution is -2.36. The molecule has 0 amide bonds. The van der Waals surface area contributed by atoms with Crippen molar-refractivity contribution in [3.05, 3.63) is 210 Å². The lowest BCUT2D eigenvalue weighted by Gasteiger charge is -2.45. The highest BCUT2D eigenvalue weighted by Gasteiger charge is 2.50. The van der Waals surface area contributed by atoms with E-state index in [9.17, 15) is 0 Å². The number of ether oxygens (including phenoxy) is 2. The van der Waals surface area contributed by atoms with Gasteiger partial charge in [0, 0.05) is 38.7 Å². The molecule has 11 rings (SSSR count). The summed E-state index contributed by atoms with van der Waals surface area (Å²) in [5, 5.41) is 2.47. The zero-order valence-corrected chi connectivity index (χ0v) is 28.2. The molecular weight excluding hydrogens is 635 g/mol. The number of aromatic nitrogens is 1. The predicted molar refractivity (Wildman–Crippen MR) is 210 cm³/mol. The van der Waals surface area contributed by atoms with Gasteiger partial charge in [0.15, 0.2) is 0 Å². The molecule has 9 aromatic rings. The summed E-state index contributed by atoms with van der Waals surface area (Å²) >= 11 is 0. The van der Waals surface area contributed by atoms with Crippen LogP contribution in [-0.4, -0.2) is 4.57 Å². The van der Waals surface area contributed by atoms with E-state index >= 15 is 0 Å². The first-order chi connectivity index (χ1) is 25.8. The number of benzene rings is 8. The van der Waals surface area contributed by atoms with E-state index in [0.29, 0.717) is 0 Å². The molecule has 0 saturated carbocycles. The average molecular weight is 666 g/mol. The molecule has 0 atom stereocenters. The third-order valence-corrected chi connectivity index (χ3v) is 10.9. The number of para-hydroxylation sites is 4. The second kappa shape index (κ2) is 11.1. The minimum Gasteiger partial charge on any atom is -0.457 e. The van der Waals surface area contributed by atoms with Crippen molar-refractivity contribution in [2.75, 3.05) is 0 Å². The third kappa shape index (κ3) is 4.08. The van der Waals surface area contributed by atoms with Crippen molar-refractivity contribution in [3.8, 4) is 50.9 Å². The molecule has 2 aliphatic heterocycles. The molecule has 52 heavy (non-hydrogen) atoms. The van der Waals surface area contributed by atoms with E-state index < -0.39 is 5.41 Å². The SMILES string of the molecule is c1ccc(-c2ccc3c(c2)Oc2cc(-c4ccc5c6ccccc6n(-c6ccccc6)c5c4)ccc2C32c3ccccc3Oc3ccccc32)cc1. The van der Waals surface area contributed by atoms with Crippen LogP contribution in [0.1, 0.15) is 22.3 Å². The van der Waals surface area contributed by atoms with Crippen molar-refractivity contribution in [2.24, 2.45) is 0 Å². The molecule has 3 heteroatoms. The highest BCUT2D eigenvalue weighted by Crippen LogP contribution is 2.62. The average Bonchev–Trinajstić information content (AvgIpc) is 3.54. The Labute approximate surface area is 301 Å². The van der Waals surface area contributed by atoms with Gasteiger partial charge >= 0.3 is 0 Å². The summed E-state index contributed by atoms with van der Waals surface area (Å²) in [7, 11) is 0. The number of hydrogen-bond acceptors (Lipinski definition) is 2. The molecule has 8 aromatic carbocycles. The zero-order valence-electron chi connectivity index (χ0n) is 28.2. The second-order valence-electron chi connectivity index (χ2n) is 13.7. The van der Waals surface area contributed by atoms with E-state index in [-0.39, 0.29) is 0 Å². The zero-order chi connectivity index (χ0) is 34.2. The quantitative estimate of drug-likeness (QED) is 0.187. The fourth-order valence-corrected chi connectivity index (χ4v) is 8.67.